The number of hydrogen-bond donors (Lipinski definition) is 4. The summed E-state index contributed by atoms with van der Waals surface area (Å²) >= 11 is 0. The maximum Gasteiger partial charge on any atom is 0.335 e. The molecule has 0 radical (unpaired) electrons. The standard InChI is InChI=1S/C9H22N2.C8H6O4/c10-8-6-4-2-1-3-5-7-9-11;9-7(10)5-1-2-6(4-3-5)8(11)12/h1-11H2;1-4H,(H,9,10)(H,11,12). The van der Waals surface area contributed by atoms with Gasteiger partial charge in [-0.1, -0.05) is 32.1 Å². The van der Waals surface area contributed by atoms with Crippen LogP contribution in [0.15, 0.2) is 24.3 Å². The minimum Gasteiger partial charge on any atom is -0.478 e. The normalized spacial score (nSPS) is 9.83. The lowest BCUT2D eigenvalue weighted by Gasteiger charge is -1.99. The molecule has 0 heterocycles. The summed E-state index contributed by atoms with van der Waals surface area (Å²) in [6, 6.07) is 5.02. The van der Waals surface area contributed by atoms with E-state index in [9.17, 15) is 9.59 Å². The molecule has 0 aliphatic heterocycles. The number of carbonyl (C=O) groups is 2. The quantitative estimate of drug-likeness (QED) is 0.490. The monoisotopic (exact) mass is 324 g/mol. The van der Waals surface area contributed by atoms with E-state index in [4.69, 9.17) is 21.7 Å². The van der Waals surface area contributed by atoms with E-state index in [1.54, 1.807) is 0 Å². The van der Waals surface area contributed by atoms with Crippen LogP contribution in [0.4, 0.5) is 0 Å². The van der Waals surface area contributed by atoms with Gasteiger partial charge in [0.05, 0.1) is 11.1 Å². The van der Waals surface area contributed by atoms with Crippen LogP contribution in [0.2, 0.25) is 0 Å². The summed E-state index contributed by atoms with van der Waals surface area (Å²) in [5.41, 5.74) is 10.9. The van der Waals surface area contributed by atoms with Crippen molar-refractivity contribution in [3.05, 3.63) is 35.4 Å². The maximum absolute atomic E-state index is 10.3. The maximum atomic E-state index is 10.3. The van der Waals surface area contributed by atoms with Gasteiger partial charge in [-0.15, -0.1) is 0 Å². The van der Waals surface area contributed by atoms with Gasteiger partial charge >= 0.3 is 11.9 Å². The van der Waals surface area contributed by atoms with Crippen LogP contribution in [0.3, 0.4) is 0 Å². The number of carboxylic acid groups (broad SMARTS) is 2. The highest BCUT2D eigenvalue weighted by Crippen LogP contribution is 2.05. The average molecular weight is 324 g/mol. The van der Waals surface area contributed by atoms with Gasteiger partial charge < -0.3 is 21.7 Å². The molecule has 1 aromatic rings. The lowest BCUT2D eigenvalue weighted by Crippen LogP contribution is -1.99. The van der Waals surface area contributed by atoms with Crippen molar-refractivity contribution in [1.82, 2.24) is 0 Å². The first-order valence-electron chi connectivity index (χ1n) is 7.99. The lowest BCUT2D eigenvalue weighted by atomic mass is 10.1. The second kappa shape index (κ2) is 13.7. The molecule has 0 aliphatic carbocycles. The Morgan fingerprint density at radius 2 is 0.913 bits per heavy atom. The molecular weight excluding hydrogens is 296 g/mol. The first-order chi connectivity index (χ1) is 11.0. The van der Waals surface area contributed by atoms with Crippen molar-refractivity contribution in [2.45, 2.75) is 44.9 Å². The third kappa shape index (κ3) is 11.3. The molecule has 130 valence electrons. The molecule has 0 saturated carbocycles. The first kappa shape index (κ1) is 21.1. The Balaban J connectivity index is 0.000000423. The van der Waals surface area contributed by atoms with Crippen molar-refractivity contribution in [2.24, 2.45) is 11.5 Å². The Morgan fingerprint density at radius 1 is 0.652 bits per heavy atom. The van der Waals surface area contributed by atoms with E-state index in [2.05, 4.69) is 0 Å². The molecule has 0 aromatic heterocycles. The van der Waals surface area contributed by atoms with Crippen LogP contribution in [0.5, 0.6) is 0 Å². The fraction of sp³-hybridized carbons (Fsp3) is 0.529. The van der Waals surface area contributed by atoms with E-state index < -0.39 is 11.9 Å². The number of carboxylic acids is 2. The van der Waals surface area contributed by atoms with Crippen molar-refractivity contribution < 1.29 is 19.8 Å². The number of aromatic carboxylic acids is 2. The highest BCUT2D eigenvalue weighted by Gasteiger charge is 2.04. The van der Waals surface area contributed by atoms with E-state index in [0.29, 0.717) is 0 Å². The largest absolute Gasteiger partial charge is 0.478 e. The molecule has 6 heteroatoms. The first-order valence-corrected chi connectivity index (χ1v) is 7.99. The van der Waals surface area contributed by atoms with E-state index in [1.807, 2.05) is 0 Å². The van der Waals surface area contributed by atoms with Crippen LogP contribution < -0.4 is 11.5 Å². The fourth-order valence-corrected chi connectivity index (χ4v) is 1.93. The molecule has 0 saturated heterocycles. The molecule has 6 nitrogen and oxygen atoms in total. The minimum absolute atomic E-state index is 0.0833. The van der Waals surface area contributed by atoms with Gasteiger partial charge in [0, 0.05) is 0 Å². The highest BCUT2D eigenvalue weighted by atomic mass is 16.4. The molecule has 0 spiro atoms. The van der Waals surface area contributed by atoms with E-state index >= 15 is 0 Å². The Morgan fingerprint density at radius 3 is 1.13 bits per heavy atom. The van der Waals surface area contributed by atoms with Crippen LogP contribution in [0.1, 0.15) is 65.7 Å². The highest BCUT2D eigenvalue weighted by molar-refractivity contribution is 5.91. The van der Waals surface area contributed by atoms with Crippen molar-refractivity contribution in [3.8, 4) is 0 Å². The van der Waals surface area contributed by atoms with Crippen molar-refractivity contribution in [3.63, 3.8) is 0 Å². The Kier molecular flexibility index (Phi) is 12.6. The fourth-order valence-electron chi connectivity index (χ4n) is 1.93. The summed E-state index contributed by atoms with van der Waals surface area (Å²) in [5, 5.41) is 16.9. The zero-order valence-electron chi connectivity index (χ0n) is 13.5. The van der Waals surface area contributed by atoms with Crippen LogP contribution in [-0.4, -0.2) is 35.2 Å². The molecule has 23 heavy (non-hydrogen) atoms. The zero-order chi connectivity index (χ0) is 17.5. The van der Waals surface area contributed by atoms with E-state index in [1.165, 1.54) is 69.2 Å². The van der Waals surface area contributed by atoms with Crippen molar-refractivity contribution >= 4 is 11.9 Å². The SMILES string of the molecule is NCCCCCCCCCN.O=C(O)c1ccc(C(=O)O)cc1. The summed E-state index contributed by atoms with van der Waals surface area (Å²) in [6.07, 6.45) is 9.05. The molecule has 0 fully saturated rings. The number of hydrogen-bond acceptors (Lipinski definition) is 4. The minimum atomic E-state index is -1.06. The number of unbranched alkanes of at least 4 members (excludes halogenated alkanes) is 6. The zero-order valence-corrected chi connectivity index (χ0v) is 13.5. The molecular formula is C17H28N2O4. The Labute approximate surface area is 137 Å². The van der Waals surface area contributed by atoms with Crippen molar-refractivity contribution in [2.75, 3.05) is 13.1 Å². The van der Waals surface area contributed by atoms with E-state index in [-0.39, 0.29) is 11.1 Å². The molecule has 0 bridgehead atoms. The predicted molar refractivity (Wildman–Crippen MR) is 90.8 cm³/mol. The van der Waals surface area contributed by atoms with Crippen LogP contribution in [-0.2, 0) is 0 Å². The molecule has 0 aliphatic rings. The second-order valence-electron chi connectivity index (χ2n) is 5.24. The van der Waals surface area contributed by atoms with Gasteiger partial charge in [0.1, 0.15) is 0 Å². The van der Waals surface area contributed by atoms with Crippen LogP contribution in [0, 0.1) is 0 Å². The number of nitrogens with two attached hydrogens (primary N) is 2. The van der Waals surface area contributed by atoms with Gasteiger partial charge in [0.25, 0.3) is 0 Å². The average Bonchev–Trinajstić information content (AvgIpc) is 2.55. The molecule has 0 amide bonds. The second-order valence-corrected chi connectivity index (χ2v) is 5.24. The van der Waals surface area contributed by atoms with Crippen molar-refractivity contribution in [1.29, 1.82) is 0 Å². The van der Waals surface area contributed by atoms with Gasteiger partial charge in [-0.3, -0.25) is 0 Å². The molecule has 1 rings (SSSR count). The molecule has 6 N–H and O–H groups in total. The predicted octanol–water partition coefficient (Wildman–Crippen LogP) is 2.72. The van der Waals surface area contributed by atoms with Gasteiger partial charge in [-0.2, -0.15) is 0 Å². The summed E-state index contributed by atoms with van der Waals surface area (Å²) in [4.78, 5) is 20.7. The summed E-state index contributed by atoms with van der Waals surface area (Å²) in [5.74, 6) is -2.13. The number of benzene rings is 1. The smallest absolute Gasteiger partial charge is 0.335 e. The third-order valence-corrected chi connectivity index (χ3v) is 3.29. The van der Waals surface area contributed by atoms with Crippen LogP contribution >= 0.6 is 0 Å². The summed E-state index contributed by atoms with van der Waals surface area (Å²) < 4.78 is 0. The topological polar surface area (TPSA) is 127 Å². The van der Waals surface area contributed by atoms with Gasteiger partial charge in [0.2, 0.25) is 0 Å². The molecule has 0 unspecified atom stereocenters. The van der Waals surface area contributed by atoms with Gasteiger partial charge in [-0.05, 0) is 50.2 Å². The Hall–Kier alpha value is -1.92. The van der Waals surface area contributed by atoms with Crippen LogP contribution in [0.25, 0.3) is 0 Å². The Bertz CT molecular complexity index is 405. The van der Waals surface area contributed by atoms with Gasteiger partial charge in [-0.25, -0.2) is 9.59 Å². The van der Waals surface area contributed by atoms with E-state index in [0.717, 1.165) is 13.1 Å². The summed E-state index contributed by atoms with van der Waals surface area (Å²) in [6.45, 7) is 1.70. The number of rotatable bonds is 10. The third-order valence-electron chi connectivity index (χ3n) is 3.29. The molecule has 1 aromatic carbocycles. The summed E-state index contributed by atoms with van der Waals surface area (Å²) in [7, 11) is 0. The lowest BCUT2D eigenvalue weighted by molar-refractivity contribution is 0.0681. The van der Waals surface area contributed by atoms with Gasteiger partial charge in [0.15, 0.2) is 0 Å². The molecule has 0 atom stereocenters.